The number of nitrogens with one attached hydrogen (secondary N) is 1. The summed E-state index contributed by atoms with van der Waals surface area (Å²) in [6, 6.07) is 3.87. The van der Waals surface area contributed by atoms with Crippen molar-refractivity contribution in [1.29, 1.82) is 0 Å². The molecule has 1 aliphatic carbocycles. The van der Waals surface area contributed by atoms with Crippen LogP contribution >= 0.6 is 0 Å². The number of hydrogen-bond acceptors (Lipinski definition) is 3. The maximum atomic E-state index is 12.2. The highest BCUT2D eigenvalue weighted by Crippen LogP contribution is 2.17. The fourth-order valence-electron chi connectivity index (χ4n) is 2.63. The van der Waals surface area contributed by atoms with Gasteiger partial charge in [-0.2, -0.15) is 5.10 Å². The third kappa shape index (κ3) is 2.59. The molecule has 0 aromatic carbocycles. The summed E-state index contributed by atoms with van der Waals surface area (Å²) in [5, 5.41) is 7.38. The first-order chi connectivity index (χ1) is 9.22. The number of aromatic nitrogens is 3. The van der Waals surface area contributed by atoms with Gasteiger partial charge in [0.25, 0.3) is 5.91 Å². The van der Waals surface area contributed by atoms with E-state index in [4.69, 9.17) is 0 Å². The fourth-order valence-corrected chi connectivity index (χ4v) is 2.63. The van der Waals surface area contributed by atoms with Gasteiger partial charge in [0.2, 0.25) is 0 Å². The number of aryl methyl sites for hydroxylation is 1. The Labute approximate surface area is 112 Å². The van der Waals surface area contributed by atoms with Crippen molar-refractivity contribution in [1.82, 2.24) is 19.9 Å². The van der Waals surface area contributed by atoms with Crippen LogP contribution < -0.4 is 5.32 Å². The minimum Gasteiger partial charge on any atom is -0.348 e. The Balaban J connectivity index is 1.76. The van der Waals surface area contributed by atoms with Crippen LogP contribution in [0.5, 0.6) is 0 Å². The lowest BCUT2D eigenvalue weighted by Gasteiger charge is -2.22. The summed E-state index contributed by atoms with van der Waals surface area (Å²) in [5.74, 6) is -0.0832. The molecule has 5 nitrogen and oxygen atoms in total. The van der Waals surface area contributed by atoms with Gasteiger partial charge in [-0.25, -0.2) is 9.50 Å². The number of amides is 1. The first-order valence-electron chi connectivity index (χ1n) is 6.86. The maximum Gasteiger partial charge on any atom is 0.271 e. The average molecular weight is 258 g/mol. The molecule has 5 heteroatoms. The number of nitrogens with zero attached hydrogens (tertiary/aromatic N) is 3. The van der Waals surface area contributed by atoms with E-state index >= 15 is 0 Å². The first-order valence-corrected chi connectivity index (χ1v) is 6.86. The van der Waals surface area contributed by atoms with E-state index in [0.29, 0.717) is 11.7 Å². The molecule has 0 bridgehead atoms. The number of hydrogen-bond donors (Lipinski definition) is 1. The summed E-state index contributed by atoms with van der Waals surface area (Å²) < 4.78 is 1.66. The molecule has 3 rings (SSSR count). The number of carbonyl (C=O) groups excluding carboxylic acids is 1. The summed E-state index contributed by atoms with van der Waals surface area (Å²) in [5.41, 5.74) is 2.12. The molecular formula is C14H18N4O. The Morgan fingerprint density at radius 2 is 2.11 bits per heavy atom. The zero-order valence-corrected chi connectivity index (χ0v) is 11.1. The summed E-state index contributed by atoms with van der Waals surface area (Å²) in [7, 11) is 0. The SMILES string of the molecule is Cc1cn2nc(C(=O)NC3CCCCC3)ccc2n1. The highest BCUT2D eigenvalue weighted by atomic mass is 16.2. The quantitative estimate of drug-likeness (QED) is 0.897. The van der Waals surface area contributed by atoms with Crippen molar-refractivity contribution in [3.8, 4) is 0 Å². The zero-order chi connectivity index (χ0) is 13.2. The van der Waals surface area contributed by atoms with E-state index in [0.717, 1.165) is 24.2 Å². The van der Waals surface area contributed by atoms with Crippen LogP contribution in [0.4, 0.5) is 0 Å². The third-order valence-corrected chi connectivity index (χ3v) is 3.61. The van der Waals surface area contributed by atoms with Crippen molar-refractivity contribution >= 4 is 11.6 Å². The molecule has 1 saturated carbocycles. The van der Waals surface area contributed by atoms with Crippen molar-refractivity contribution in [2.24, 2.45) is 0 Å². The molecule has 19 heavy (non-hydrogen) atoms. The Bertz CT molecular complexity index is 599. The molecular weight excluding hydrogens is 240 g/mol. The van der Waals surface area contributed by atoms with Gasteiger partial charge < -0.3 is 5.32 Å². The van der Waals surface area contributed by atoms with Gasteiger partial charge in [-0.1, -0.05) is 19.3 Å². The molecule has 1 amide bonds. The lowest BCUT2D eigenvalue weighted by Crippen LogP contribution is -2.36. The second-order valence-electron chi connectivity index (χ2n) is 5.21. The highest BCUT2D eigenvalue weighted by molar-refractivity contribution is 5.92. The maximum absolute atomic E-state index is 12.2. The molecule has 1 N–H and O–H groups in total. The molecule has 2 aromatic rings. The van der Waals surface area contributed by atoms with Crippen LogP contribution in [0.2, 0.25) is 0 Å². The summed E-state index contributed by atoms with van der Waals surface area (Å²) >= 11 is 0. The second-order valence-corrected chi connectivity index (χ2v) is 5.21. The minimum atomic E-state index is -0.0832. The molecule has 0 spiro atoms. The summed E-state index contributed by atoms with van der Waals surface area (Å²) in [6.45, 7) is 1.91. The minimum absolute atomic E-state index is 0.0832. The van der Waals surface area contributed by atoms with Crippen LogP contribution in [0.15, 0.2) is 18.3 Å². The van der Waals surface area contributed by atoms with Gasteiger partial charge in [-0.15, -0.1) is 0 Å². The lowest BCUT2D eigenvalue weighted by molar-refractivity contribution is 0.0921. The van der Waals surface area contributed by atoms with E-state index in [1.165, 1.54) is 19.3 Å². The Hall–Kier alpha value is -1.91. The molecule has 0 unspecified atom stereocenters. The highest BCUT2D eigenvalue weighted by Gasteiger charge is 2.17. The fraction of sp³-hybridized carbons (Fsp3) is 0.500. The van der Waals surface area contributed by atoms with E-state index < -0.39 is 0 Å². The summed E-state index contributed by atoms with van der Waals surface area (Å²) in [6.07, 6.45) is 7.68. The van der Waals surface area contributed by atoms with Crippen LogP contribution in [0, 0.1) is 6.92 Å². The van der Waals surface area contributed by atoms with Crippen molar-refractivity contribution in [2.45, 2.75) is 45.1 Å². The van der Waals surface area contributed by atoms with E-state index in [2.05, 4.69) is 15.4 Å². The second kappa shape index (κ2) is 4.99. The van der Waals surface area contributed by atoms with Crippen molar-refractivity contribution in [2.75, 3.05) is 0 Å². The van der Waals surface area contributed by atoms with Gasteiger partial charge in [0, 0.05) is 6.04 Å². The van der Waals surface area contributed by atoms with Gasteiger partial charge in [0.1, 0.15) is 5.69 Å². The van der Waals surface area contributed by atoms with Crippen molar-refractivity contribution < 1.29 is 4.79 Å². The lowest BCUT2D eigenvalue weighted by atomic mass is 9.95. The number of rotatable bonds is 2. The molecule has 100 valence electrons. The molecule has 2 aromatic heterocycles. The topological polar surface area (TPSA) is 59.3 Å². The largest absolute Gasteiger partial charge is 0.348 e. The van der Waals surface area contributed by atoms with Gasteiger partial charge in [-0.3, -0.25) is 4.79 Å². The molecule has 0 atom stereocenters. The van der Waals surface area contributed by atoms with Gasteiger partial charge in [-0.05, 0) is 31.9 Å². The molecule has 2 heterocycles. The molecule has 0 radical (unpaired) electrons. The van der Waals surface area contributed by atoms with Gasteiger partial charge >= 0.3 is 0 Å². The van der Waals surface area contributed by atoms with Crippen molar-refractivity contribution in [3.63, 3.8) is 0 Å². The normalized spacial score (nSPS) is 16.7. The Morgan fingerprint density at radius 3 is 2.89 bits per heavy atom. The molecule has 0 saturated heterocycles. The standard InChI is InChI=1S/C14H18N4O/c1-10-9-18-13(15-10)8-7-12(17-18)14(19)16-11-5-3-2-4-6-11/h7-9,11H,2-6H2,1H3,(H,16,19). The number of carbonyl (C=O) groups is 1. The van der Waals surface area contributed by atoms with Crippen LogP contribution in [-0.4, -0.2) is 26.5 Å². The van der Waals surface area contributed by atoms with E-state index in [1.54, 1.807) is 10.6 Å². The zero-order valence-electron chi connectivity index (χ0n) is 11.1. The smallest absolute Gasteiger partial charge is 0.271 e. The van der Waals surface area contributed by atoms with Crippen LogP contribution in [0.1, 0.15) is 48.3 Å². The Kier molecular flexibility index (Phi) is 3.19. The van der Waals surface area contributed by atoms with E-state index in [1.807, 2.05) is 19.2 Å². The molecule has 1 fully saturated rings. The van der Waals surface area contributed by atoms with Crippen LogP contribution in [0.25, 0.3) is 5.65 Å². The van der Waals surface area contributed by atoms with Crippen LogP contribution in [-0.2, 0) is 0 Å². The predicted molar refractivity (Wildman–Crippen MR) is 72.1 cm³/mol. The van der Waals surface area contributed by atoms with Crippen molar-refractivity contribution in [3.05, 3.63) is 29.7 Å². The average Bonchev–Trinajstić information content (AvgIpc) is 2.78. The first kappa shape index (κ1) is 12.1. The Morgan fingerprint density at radius 1 is 1.32 bits per heavy atom. The third-order valence-electron chi connectivity index (χ3n) is 3.61. The van der Waals surface area contributed by atoms with Crippen LogP contribution in [0.3, 0.4) is 0 Å². The molecule has 1 aliphatic rings. The summed E-state index contributed by atoms with van der Waals surface area (Å²) in [4.78, 5) is 16.5. The number of imidazole rings is 1. The van der Waals surface area contributed by atoms with Gasteiger partial charge in [0.05, 0.1) is 11.9 Å². The monoisotopic (exact) mass is 258 g/mol. The predicted octanol–water partition coefficient (Wildman–Crippen LogP) is 2.10. The van der Waals surface area contributed by atoms with Gasteiger partial charge in [0.15, 0.2) is 5.65 Å². The van der Waals surface area contributed by atoms with E-state index in [9.17, 15) is 4.79 Å². The van der Waals surface area contributed by atoms with E-state index in [-0.39, 0.29) is 5.91 Å². The molecule has 0 aliphatic heterocycles. The number of fused-ring (bicyclic) bond motifs is 1.